The standard InChI is InChI=1S/C18H24N2O8S2/c1-11-2-4-12(5-3-11)30(27,28)29-10-14(15(21)7-9-17(23)24)20-16(22)8-6-13(19)18(25)26/h2-5,13-14H,6-10,19H2,1H3,(H,20,22)(H,23,24)(H,25,26)/t13-,14-/m0/s1. The van der Waals surface area contributed by atoms with Crippen LogP contribution in [0.4, 0.5) is 0 Å². The zero-order valence-corrected chi connectivity index (χ0v) is 17.9. The minimum absolute atomic E-state index is 0.0357. The maximum Gasteiger partial charge on any atom is 0.320 e. The van der Waals surface area contributed by atoms with E-state index in [1.54, 1.807) is 19.1 Å². The predicted molar refractivity (Wildman–Crippen MR) is 109 cm³/mol. The Labute approximate surface area is 177 Å². The van der Waals surface area contributed by atoms with Gasteiger partial charge in [0.05, 0.1) is 17.4 Å². The number of aliphatic carboxylic acids is 2. The van der Waals surface area contributed by atoms with Gasteiger partial charge in [0.25, 0.3) is 0 Å². The molecular formula is C18H24N2O8S2. The predicted octanol–water partition coefficient (Wildman–Crippen LogP) is 0.528. The van der Waals surface area contributed by atoms with Gasteiger partial charge in [0.15, 0.2) is 5.78 Å². The highest BCUT2D eigenvalue weighted by atomic mass is 33.1. The highest BCUT2D eigenvalue weighted by Crippen LogP contribution is 2.24. The number of carbonyl (C=O) groups is 4. The Kier molecular flexibility index (Phi) is 9.96. The fourth-order valence-corrected chi connectivity index (χ4v) is 5.10. The first-order valence-electron chi connectivity index (χ1n) is 8.90. The number of carboxylic acids is 2. The molecule has 0 bridgehead atoms. The Morgan fingerprint density at radius 1 is 1.07 bits per heavy atom. The van der Waals surface area contributed by atoms with Crippen LogP contribution in [0.5, 0.6) is 0 Å². The van der Waals surface area contributed by atoms with E-state index in [1.807, 2.05) is 0 Å². The van der Waals surface area contributed by atoms with Crippen molar-refractivity contribution in [1.82, 2.24) is 5.32 Å². The van der Waals surface area contributed by atoms with E-state index in [-0.39, 0.29) is 29.9 Å². The zero-order valence-electron chi connectivity index (χ0n) is 16.2. The van der Waals surface area contributed by atoms with Crippen LogP contribution >= 0.6 is 10.8 Å². The molecule has 0 spiro atoms. The Morgan fingerprint density at radius 2 is 1.67 bits per heavy atom. The first kappa shape index (κ1) is 25.6. The zero-order chi connectivity index (χ0) is 22.9. The van der Waals surface area contributed by atoms with Gasteiger partial charge in [-0.2, -0.15) is 0 Å². The van der Waals surface area contributed by atoms with Crippen LogP contribution in [0.15, 0.2) is 29.2 Å². The summed E-state index contributed by atoms with van der Waals surface area (Å²) in [6, 6.07) is 3.58. The van der Waals surface area contributed by atoms with Crippen molar-refractivity contribution in [3.05, 3.63) is 29.8 Å². The van der Waals surface area contributed by atoms with E-state index in [0.717, 1.165) is 5.56 Å². The molecule has 30 heavy (non-hydrogen) atoms. The molecule has 10 nitrogen and oxygen atoms in total. The summed E-state index contributed by atoms with van der Waals surface area (Å²) in [6.07, 6.45) is -1.32. The lowest BCUT2D eigenvalue weighted by Crippen LogP contribution is -2.43. The van der Waals surface area contributed by atoms with Crippen molar-refractivity contribution in [3.63, 3.8) is 0 Å². The van der Waals surface area contributed by atoms with Crippen LogP contribution in [0.3, 0.4) is 0 Å². The van der Waals surface area contributed by atoms with Crippen LogP contribution in [0.2, 0.25) is 0 Å². The van der Waals surface area contributed by atoms with E-state index >= 15 is 0 Å². The molecule has 0 radical (unpaired) electrons. The number of nitrogens with two attached hydrogens (primary N) is 1. The molecule has 166 valence electrons. The van der Waals surface area contributed by atoms with E-state index in [1.165, 1.54) is 12.1 Å². The van der Waals surface area contributed by atoms with E-state index in [4.69, 9.17) is 15.9 Å². The van der Waals surface area contributed by atoms with Crippen molar-refractivity contribution in [3.8, 4) is 0 Å². The maximum absolute atomic E-state index is 12.5. The summed E-state index contributed by atoms with van der Waals surface area (Å²) in [6.45, 7) is 1.80. The third kappa shape index (κ3) is 8.93. The molecule has 5 N–H and O–H groups in total. The fraction of sp³-hybridized carbons (Fsp3) is 0.444. The van der Waals surface area contributed by atoms with Crippen molar-refractivity contribution in [1.29, 1.82) is 0 Å². The van der Waals surface area contributed by atoms with Crippen LogP contribution in [0.25, 0.3) is 0 Å². The molecule has 1 amide bonds. The van der Waals surface area contributed by atoms with Gasteiger partial charge in [0.2, 0.25) is 14.8 Å². The highest BCUT2D eigenvalue weighted by Gasteiger charge is 2.26. The normalized spacial score (nSPS) is 13.3. The highest BCUT2D eigenvalue weighted by molar-refractivity contribution is 8.72. The molecule has 0 saturated heterocycles. The number of aryl methyl sites for hydroxylation is 1. The molecule has 0 heterocycles. The molecule has 1 rings (SSSR count). The number of amides is 1. The average Bonchev–Trinajstić information content (AvgIpc) is 2.67. The molecular weight excluding hydrogens is 436 g/mol. The molecule has 0 aliphatic rings. The lowest BCUT2D eigenvalue weighted by atomic mass is 10.1. The number of carboxylic acid groups (broad SMARTS) is 2. The van der Waals surface area contributed by atoms with E-state index in [2.05, 4.69) is 5.32 Å². The summed E-state index contributed by atoms with van der Waals surface area (Å²) < 4.78 is 25.0. The van der Waals surface area contributed by atoms with Gasteiger partial charge in [-0.3, -0.25) is 19.2 Å². The van der Waals surface area contributed by atoms with Gasteiger partial charge in [0, 0.05) is 18.6 Å². The summed E-state index contributed by atoms with van der Waals surface area (Å²) in [5.41, 5.74) is 6.20. The molecule has 0 fully saturated rings. The molecule has 0 saturated carbocycles. The van der Waals surface area contributed by atoms with Crippen LogP contribution < -0.4 is 11.1 Å². The van der Waals surface area contributed by atoms with Crippen LogP contribution in [-0.2, 0) is 28.0 Å². The van der Waals surface area contributed by atoms with Crippen LogP contribution in [0.1, 0.15) is 31.2 Å². The summed E-state index contributed by atoms with van der Waals surface area (Å²) in [5, 5.41) is 19.8. The van der Waals surface area contributed by atoms with Crippen molar-refractivity contribution in [2.45, 2.75) is 49.6 Å². The molecule has 1 aromatic rings. The van der Waals surface area contributed by atoms with Gasteiger partial charge in [-0.1, -0.05) is 17.7 Å². The first-order chi connectivity index (χ1) is 13.9. The van der Waals surface area contributed by atoms with Crippen LogP contribution in [0, 0.1) is 6.92 Å². The number of hydrogen-bond donors (Lipinski definition) is 4. The molecule has 0 unspecified atom stereocenters. The lowest BCUT2D eigenvalue weighted by Gasteiger charge is -2.17. The van der Waals surface area contributed by atoms with Gasteiger partial charge in [-0.15, -0.1) is 0 Å². The lowest BCUT2D eigenvalue weighted by molar-refractivity contribution is -0.139. The van der Waals surface area contributed by atoms with Gasteiger partial charge >= 0.3 is 11.9 Å². The largest absolute Gasteiger partial charge is 0.481 e. The number of carbonyl (C=O) groups excluding carboxylic acids is 2. The van der Waals surface area contributed by atoms with Gasteiger partial charge in [-0.05, 0) is 36.3 Å². The summed E-state index contributed by atoms with van der Waals surface area (Å²) in [7, 11) is -3.36. The third-order valence-corrected chi connectivity index (χ3v) is 7.55. The summed E-state index contributed by atoms with van der Waals surface area (Å²) in [5.74, 6) is -4.14. The van der Waals surface area contributed by atoms with Gasteiger partial charge < -0.3 is 21.3 Å². The minimum atomic E-state index is -3.81. The number of benzene rings is 1. The number of rotatable bonds is 13. The monoisotopic (exact) mass is 460 g/mol. The van der Waals surface area contributed by atoms with Crippen molar-refractivity contribution in [2.24, 2.45) is 5.73 Å². The molecule has 12 heteroatoms. The second-order valence-corrected chi connectivity index (χ2v) is 10.5. The Hall–Kier alpha value is -2.44. The van der Waals surface area contributed by atoms with Gasteiger partial charge in [0.1, 0.15) is 6.04 Å². The van der Waals surface area contributed by atoms with Crippen molar-refractivity contribution in [2.75, 3.05) is 5.75 Å². The molecule has 0 aliphatic heterocycles. The number of nitrogens with one attached hydrogen (secondary N) is 1. The SMILES string of the molecule is Cc1ccc(S(=O)(=O)SC[C@H](NC(=O)CC[C@H](N)C(=O)O)C(=O)CCC(=O)O)cc1. The topological polar surface area (TPSA) is 181 Å². The first-order valence-corrected chi connectivity index (χ1v) is 11.9. The van der Waals surface area contributed by atoms with Crippen molar-refractivity contribution < 1.29 is 37.8 Å². The smallest absolute Gasteiger partial charge is 0.320 e. The number of ketones is 1. The Bertz CT molecular complexity index is 884. The Morgan fingerprint density at radius 3 is 2.20 bits per heavy atom. The Balaban J connectivity index is 2.83. The molecule has 0 aromatic heterocycles. The number of hydrogen-bond acceptors (Lipinski definition) is 8. The minimum Gasteiger partial charge on any atom is -0.481 e. The molecule has 0 aliphatic carbocycles. The van der Waals surface area contributed by atoms with E-state index in [9.17, 15) is 27.6 Å². The van der Waals surface area contributed by atoms with Gasteiger partial charge in [-0.25, -0.2) is 8.42 Å². The van der Waals surface area contributed by atoms with Crippen molar-refractivity contribution >= 4 is 43.3 Å². The quantitative estimate of drug-likeness (QED) is 0.303. The fourth-order valence-electron chi connectivity index (χ4n) is 2.23. The van der Waals surface area contributed by atoms with Crippen LogP contribution in [-0.4, -0.2) is 60.1 Å². The second-order valence-electron chi connectivity index (χ2n) is 6.52. The molecule has 2 atom stereocenters. The molecule has 1 aromatic carbocycles. The van der Waals surface area contributed by atoms with E-state index < -0.39 is 51.0 Å². The second kappa shape index (κ2) is 11.7. The van der Waals surface area contributed by atoms with E-state index in [0.29, 0.717) is 10.8 Å². The summed E-state index contributed by atoms with van der Waals surface area (Å²) in [4.78, 5) is 45.9. The number of Topliss-reactive ketones (excluding diaryl/α,β-unsaturated/α-hetero) is 1. The summed E-state index contributed by atoms with van der Waals surface area (Å²) >= 11 is 0. The third-order valence-electron chi connectivity index (χ3n) is 4.01. The maximum atomic E-state index is 12.5. The average molecular weight is 461 g/mol.